The summed E-state index contributed by atoms with van der Waals surface area (Å²) in [7, 11) is 0. The molecule has 1 aromatic rings. The number of carbonyl (C=O) groups is 3. The van der Waals surface area contributed by atoms with Gasteiger partial charge in [-0.2, -0.15) is 0 Å². The van der Waals surface area contributed by atoms with Crippen LogP contribution in [0.25, 0.3) is 0 Å². The number of likely N-dealkylation sites (N-methyl/N-ethyl adjacent to an activating group) is 1. The minimum Gasteiger partial charge on any atom is -0.343 e. The van der Waals surface area contributed by atoms with E-state index in [0.29, 0.717) is 51.0 Å². The number of piperidine rings is 1. The van der Waals surface area contributed by atoms with E-state index in [9.17, 15) is 18.8 Å². The number of hydrogen-bond donors (Lipinski definition) is 1. The Bertz CT molecular complexity index is 761. The average molecular weight is 434 g/mol. The van der Waals surface area contributed by atoms with Gasteiger partial charge in [-0.3, -0.25) is 14.4 Å². The zero-order valence-corrected chi connectivity index (χ0v) is 19.4. The number of hydrogen-bond acceptors (Lipinski definition) is 3. The molecule has 0 saturated carbocycles. The van der Waals surface area contributed by atoms with Gasteiger partial charge in [0, 0.05) is 38.2 Å². The van der Waals surface area contributed by atoms with Gasteiger partial charge in [-0.1, -0.05) is 20.8 Å². The van der Waals surface area contributed by atoms with Crippen molar-refractivity contribution in [2.75, 3.05) is 26.2 Å². The van der Waals surface area contributed by atoms with Crippen molar-refractivity contribution >= 4 is 17.7 Å². The van der Waals surface area contributed by atoms with E-state index in [4.69, 9.17) is 0 Å². The van der Waals surface area contributed by atoms with Crippen LogP contribution in [0.3, 0.4) is 0 Å². The highest BCUT2D eigenvalue weighted by molar-refractivity contribution is 5.97. The number of halogens is 1. The van der Waals surface area contributed by atoms with Gasteiger partial charge in [-0.15, -0.1) is 0 Å². The first-order chi connectivity index (χ1) is 14.6. The molecule has 0 radical (unpaired) electrons. The highest BCUT2D eigenvalue weighted by Crippen LogP contribution is 2.26. The number of rotatable bonds is 7. The molecule has 0 aromatic heterocycles. The third-order valence-corrected chi connectivity index (χ3v) is 5.78. The van der Waals surface area contributed by atoms with Crippen LogP contribution in [0.5, 0.6) is 0 Å². The summed E-state index contributed by atoms with van der Waals surface area (Å²) in [6, 6.07) is 4.62. The van der Waals surface area contributed by atoms with Crippen molar-refractivity contribution in [3.8, 4) is 0 Å². The molecule has 0 aliphatic carbocycles. The van der Waals surface area contributed by atoms with Crippen molar-refractivity contribution in [1.82, 2.24) is 15.1 Å². The zero-order chi connectivity index (χ0) is 23.2. The molecule has 0 spiro atoms. The molecule has 1 heterocycles. The van der Waals surface area contributed by atoms with Gasteiger partial charge in [-0.25, -0.2) is 4.39 Å². The van der Waals surface area contributed by atoms with Crippen LogP contribution in [-0.2, 0) is 9.59 Å². The van der Waals surface area contributed by atoms with Gasteiger partial charge in [-0.05, 0) is 62.3 Å². The Morgan fingerprint density at radius 3 is 2.13 bits per heavy atom. The lowest BCUT2D eigenvalue weighted by molar-refractivity contribution is -0.136. The number of likely N-dealkylation sites (tertiary alicyclic amines) is 1. The number of benzene rings is 1. The van der Waals surface area contributed by atoms with Crippen molar-refractivity contribution in [2.24, 2.45) is 11.3 Å². The SMILES string of the molecule is CCN(CC)C(=O)[C@H](NC(=O)c1ccc(F)cc1)C1CCN(C(=O)CC(C)(C)C)CC1. The molecule has 1 aliphatic rings. The molecular formula is C24H36FN3O3. The fourth-order valence-corrected chi connectivity index (χ4v) is 3.99. The summed E-state index contributed by atoms with van der Waals surface area (Å²) in [5.41, 5.74) is 0.245. The summed E-state index contributed by atoms with van der Waals surface area (Å²) in [5, 5.41) is 2.90. The van der Waals surface area contributed by atoms with Crippen molar-refractivity contribution in [3.05, 3.63) is 35.6 Å². The van der Waals surface area contributed by atoms with Gasteiger partial charge in [0.1, 0.15) is 11.9 Å². The van der Waals surface area contributed by atoms with Gasteiger partial charge < -0.3 is 15.1 Å². The third-order valence-electron chi connectivity index (χ3n) is 5.78. The normalized spacial score (nSPS) is 16.0. The summed E-state index contributed by atoms with van der Waals surface area (Å²) in [6.45, 7) is 12.2. The molecule has 0 unspecified atom stereocenters. The lowest BCUT2D eigenvalue weighted by Crippen LogP contribution is -2.54. The predicted molar refractivity (Wildman–Crippen MR) is 119 cm³/mol. The van der Waals surface area contributed by atoms with Gasteiger partial charge in [0.2, 0.25) is 11.8 Å². The van der Waals surface area contributed by atoms with Gasteiger partial charge >= 0.3 is 0 Å². The Balaban J connectivity index is 2.12. The molecule has 1 saturated heterocycles. The molecule has 1 atom stereocenters. The van der Waals surface area contributed by atoms with Gasteiger partial charge in [0.25, 0.3) is 5.91 Å². The second kappa shape index (κ2) is 10.7. The summed E-state index contributed by atoms with van der Waals surface area (Å²) >= 11 is 0. The van der Waals surface area contributed by atoms with Crippen molar-refractivity contribution in [2.45, 2.75) is 59.9 Å². The number of nitrogens with zero attached hydrogens (tertiary/aromatic N) is 2. The van der Waals surface area contributed by atoms with Gasteiger partial charge in [0.05, 0.1) is 0 Å². The third kappa shape index (κ3) is 7.04. The molecule has 2 rings (SSSR count). The van der Waals surface area contributed by atoms with E-state index in [0.717, 1.165) is 0 Å². The fraction of sp³-hybridized carbons (Fsp3) is 0.625. The average Bonchev–Trinajstić information content (AvgIpc) is 2.72. The van der Waals surface area contributed by atoms with Crippen LogP contribution in [-0.4, -0.2) is 59.7 Å². The Morgan fingerprint density at radius 1 is 1.10 bits per heavy atom. The first kappa shape index (κ1) is 24.8. The van der Waals surface area contributed by atoms with Crippen molar-refractivity contribution in [3.63, 3.8) is 0 Å². The molecule has 1 aliphatic heterocycles. The Morgan fingerprint density at radius 2 is 1.65 bits per heavy atom. The molecule has 1 fully saturated rings. The zero-order valence-electron chi connectivity index (χ0n) is 19.4. The van der Waals surface area contributed by atoms with E-state index in [1.807, 2.05) is 39.5 Å². The maximum atomic E-state index is 13.2. The second-order valence-electron chi connectivity index (χ2n) is 9.42. The first-order valence-corrected chi connectivity index (χ1v) is 11.2. The Labute approximate surface area is 185 Å². The minimum atomic E-state index is -0.669. The fourth-order valence-electron chi connectivity index (χ4n) is 3.99. The highest BCUT2D eigenvalue weighted by Gasteiger charge is 2.36. The van der Waals surface area contributed by atoms with Crippen LogP contribution < -0.4 is 5.32 Å². The molecule has 1 aromatic carbocycles. The lowest BCUT2D eigenvalue weighted by atomic mass is 9.86. The molecular weight excluding hydrogens is 397 g/mol. The van der Waals surface area contributed by atoms with Crippen molar-refractivity contribution < 1.29 is 18.8 Å². The lowest BCUT2D eigenvalue weighted by Gasteiger charge is -2.38. The largest absolute Gasteiger partial charge is 0.343 e. The predicted octanol–water partition coefficient (Wildman–Crippen LogP) is 3.47. The Hall–Kier alpha value is -2.44. The van der Waals surface area contributed by atoms with Crippen LogP contribution in [0.4, 0.5) is 4.39 Å². The summed E-state index contributed by atoms with van der Waals surface area (Å²) in [5.74, 6) is -0.847. The van der Waals surface area contributed by atoms with E-state index in [1.165, 1.54) is 24.3 Å². The highest BCUT2D eigenvalue weighted by atomic mass is 19.1. The van der Waals surface area contributed by atoms with E-state index in [1.54, 1.807) is 4.90 Å². The molecule has 31 heavy (non-hydrogen) atoms. The molecule has 172 valence electrons. The summed E-state index contributed by atoms with van der Waals surface area (Å²) in [6.07, 6.45) is 1.79. The number of nitrogens with one attached hydrogen (secondary N) is 1. The van der Waals surface area contributed by atoms with E-state index in [2.05, 4.69) is 5.32 Å². The molecule has 6 nitrogen and oxygen atoms in total. The standard InChI is InChI=1S/C24H36FN3O3/c1-6-27(7-2)23(31)21(26-22(30)18-8-10-19(25)11-9-18)17-12-14-28(15-13-17)20(29)16-24(3,4)5/h8-11,17,21H,6-7,12-16H2,1-5H3,(H,26,30)/t21-/m1/s1. The maximum Gasteiger partial charge on any atom is 0.251 e. The topological polar surface area (TPSA) is 69.7 Å². The summed E-state index contributed by atoms with van der Waals surface area (Å²) in [4.78, 5) is 42.1. The van der Waals surface area contributed by atoms with Crippen LogP contribution in [0.15, 0.2) is 24.3 Å². The number of carbonyl (C=O) groups excluding carboxylic acids is 3. The Kier molecular flexibility index (Phi) is 8.60. The molecule has 7 heteroatoms. The smallest absolute Gasteiger partial charge is 0.251 e. The first-order valence-electron chi connectivity index (χ1n) is 11.2. The van der Waals surface area contributed by atoms with E-state index in [-0.39, 0.29) is 23.1 Å². The van der Waals surface area contributed by atoms with Gasteiger partial charge in [0.15, 0.2) is 0 Å². The second-order valence-corrected chi connectivity index (χ2v) is 9.42. The van der Waals surface area contributed by atoms with Crippen molar-refractivity contribution in [1.29, 1.82) is 0 Å². The monoisotopic (exact) mass is 433 g/mol. The van der Waals surface area contributed by atoms with Crippen LogP contribution in [0.1, 0.15) is 64.2 Å². The maximum absolute atomic E-state index is 13.2. The van der Waals surface area contributed by atoms with E-state index < -0.39 is 17.8 Å². The van der Waals surface area contributed by atoms with E-state index >= 15 is 0 Å². The molecule has 1 N–H and O–H groups in total. The molecule has 3 amide bonds. The van der Waals surface area contributed by atoms with Crippen LogP contribution >= 0.6 is 0 Å². The summed E-state index contributed by atoms with van der Waals surface area (Å²) < 4.78 is 13.2. The van der Waals surface area contributed by atoms with Crippen LogP contribution in [0.2, 0.25) is 0 Å². The minimum absolute atomic E-state index is 0.0591. The number of amides is 3. The quantitative estimate of drug-likeness (QED) is 0.716. The van der Waals surface area contributed by atoms with Crippen LogP contribution in [0, 0.1) is 17.2 Å². The molecule has 0 bridgehead atoms.